The highest BCUT2D eigenvalue weighted by molar-refractivity contribution is 5.94. The van der Waals surface area contributed by atoms with Crippen molar-refractivity contribution in [2.45, 2.75) is 26.4 Å². The number of nitrogens with zero attached hydrogens (tertiary/aromatic N) is 1. The minimum atomic E-state index is -0.0430. The van der Waals surface area contributed by atoms with Gasteiger partial charge < -0.3 is 15.0 Å². The highest BCUT2D eigenvalue weighted by Gasteiger charge is 2.05. The Labute approximate surface area is 150 Å². The number of rotatable bonds is 8. The smallest absolute Gasteiger partial charge is 0.251 e. The molecule has 4 nitrogen and oxygen atoms in total. The van der Waals surface area contributed by atoms with Crippen LogP contribution in [0, 0.1) is 0 Å². The maximum atomic E-state index is 12.0. The van der Waals surface area contributed by atoms with Gasteiger partial charge in [0.05, 0.1) is 0 Å². The molecule has 2 aromatic rings. The zero-order valence-corrected chi connectivity index (χ0v) is 15.6. The van der Waals surface area contributed by atoms with E-state index < -0.39 is 0 Å². The quantitative estimate of drug-likeness (QED) is 0.797. The summed E-state index contributed by atoms with van der Waals surface area (Å²) in [6, 6.07) is 15.7. The molecule has 0 heterocycles. The molecule has 1 amide bonds. The van der Waals surface area contributed by atoms with Crippen LogP contribution in [0.25, 0.3) is 0 Å². The van der Waals surface area contributed by atoms with Gasteiger partial charge in [0.1, 0.15) is 12.4 Å². The molecule has 4 heteroatoms. The van der Waals surface area contributed by atoms with Crippen LogP contribution >= 0.6 is 0 Å². The molecule has 2 aromatic carbocycles. The van der Waals surface area contributed by atoms with Crippen molar-refractivity contribution >= 4 is 5.91 Å². The Morgan fingerprint density at radius 1 is 1.04 bits per heavy atom. The maximum absolute atomic E-state index is 12.0. The zero-order valence-electron chi connectivity index (χ0n) is 15.6. The number of hydrogen-bond donors (Lipinski definition) is 1. The molecule has 0 bridgehead atoms. The number of amides is 1. The van der Waals surface area contributed by atoms with E-state index in [1.807, 2.05) is 55.4 Å². The van der Waals surface area contributed by atoms with Gasteiger partial charge in [-0.05, 0) is 55.4 Å². The first-order chi connectivity index (χ1) is 12.0. The first-order valence-corrected chi connectivity index (χ1v) is 8.70. The minimum Gasteiger partial charge on any atom is -0.489 e. The van der Waals surface area contributed by atoms with E-state index in [1.54, 1.807) is 0 Å². The Kier molecular flexibility index (Phi) is 7.02. The van der Waals surface area contributed by atoms with Crippen molar-refractivity contribution in [1.29, 1.82) is 0 Å². The molecule has 0 atom stereocenters. The molecule has 0 radical (unpaired) electrons. The van der Waals surface area contributed by atoms with Crippen molar-refractivity contribution < 1.29 is 9.53 Å². The second-order valence-corrected chi connectivity index (χ2v) is 6.77. The lowest BCUT2D eigenvalue weighted by Gasteiger charge is -2.11. The summed E-state index contributed by atoms with van der Waals surface area (Å²) in [5.41, 5.74) is 3.01. The molecule has 0 unspecified atom stereocenters. The molecule has 2 rings (SSSR count). The first-order valence-electron chi connectivity index (χ1n) is 8.70. The number of nitrogens with one attached hydrogen (secondary N) is 1. The maximum Gasteiger partial charge on any atom is 0.251 e. The van der Waals surface area contributed by atoms with Crippen LogP contribution in [0.1, 0.15) is 41.3 Å². The Morgan fingerprint density at radius 2 is 1.68 bits per heavy atom. The van der Waals surface area contributed by atoms with Crippen LogP contribution in [0.5, 0.6) is 5.75 Å². The summed E-state index contributed by atoms with van der Waals surface area (Å²) in [5.74, 6) is 1.33. The second kappa shape index (κ2) is 9.23. The third-order valence-corrected chi connectivity index (χ3v) is 4.01. The minimum absolute atomic E-state index is 0.0430. The lowest BCUT2D eigenvalue weighted by Crippen LogP contribution is -2.31. The lowest BCUT2D eigenvalue weighted by molar-refractivity contribution is 0.0951. The molecule has 0 saturated carbocycles. The fourth-order valence-electron chi connectivity index (χ4n) is 2.36. The number of ether oxygens (including phenoxy) is 1. The Bertz CT molecular complexity index is 661. The number of carbonyl (C=O) groups excluding carboxylic acids is 1. The Hall–Kier alpha value is -2.33. The van der Waals surface area contributed by atoms with Gasteiger partial charge in [-0.3, -0.25) is 4.79 Å². The average molecular weight is 340 g/mol. The van der Waals surface area contributed by atoms with Gasteiger partial charge in [0.15, 0.2) is 0 Å². The van der Waals surface area contributed by atoms with E-state index in [0.717, 1.165) is 17.9 Å². The van der Waals surface area contributed by atoms with E-state index in [4.69, 9.17) is 4.74 Å². The summed E-state index contributed by atoms with van der Waals surface area (Å²) in [7, 11) is 3.97. The van der Waals surface area contributed by atoms with E-state index in [0.29, 0.717) is 24.6 Å². The molecule has 0 aromatic heterocycles. The van der Waals surface area contributed by atoms with Gasteiger partial charge >= 0.3 is 0 Å². The normalized spacial score (nSPS) is 11.0. The molecule has 1 N–H and O–H groups in total. The highest BCUT2D eigenvalue weighted by Crippen LogP contribution is 2.19. The molecule has 0 saturated heterocycles. The van der Waals surface area contributed by atoms with Crippen molar-refractivity contribution in [3.05, 3.63) is 65.2 Å². The van der Waals surface area contributed by atoms with Crippen molar-refractivity contribution in [1.82, 2.24) is 10.2 Å². The van der Waals surface area contributed by atoms with Gasteiger partial charge in [0, 0.05) is 18.7 Å². The Morgan fingerprint density at radius 3 is 2.24 bits per heavy atom. The standard InChI is InChI=1S/C21H28N2O2/c1-16(2)18-9-11-20(12-10-18)25-15-17-5-7-19(8-6-17)21(24)22-13-14-23(3)4/h5-12,16H,13-15H2,1-4H3,(H,22,24). The predicted molar refractivity (Wildman–Crippen MR) is 102 cm³/mol. The van der Waals surface area contributed by atoms with E-state index in [-0.39, 0.29) is 5.91 Å². The summed E-state index contributed by atoms with van der Waals surface area (Å²) >= 11 is 0. The summed E-state index contributed by atoms with van der Waals surface area (Å²) < 4.78 is 5.81. The average Bonchev–Trinajstić information content (AvgIpc) is 2.60. The van der Waals surface area contributed by atoms with Gasteiger partial charge in [-0.2, -0.15) is 0 Å². The molecular weight excluding hydrogens is 312 g/mol. The van der Waals surface area contributed by atoms with Crippen molar-refractivity contribution in [2.24, 2.45) is 0 Å². The number of hydrogen-bond acceptors (Lipinski definition) is 3. The molecule has 0 aliphatic carbocycles. The molecule has 0 aliphatic rings. The van der Waals surface area contributed by atoms with Gasteiger partial charge in [-0.25, -0.2) is 0 Å². The van der Waals surface area contributed by atoms with Crippen molar-refractivity contribution in [3.63, 3.8) is 0 Å². The van der Waals surface area contributed by atoms with Gasteiger partial charge in [0.2, 0.25) is 0 Å². The molecule has 0 spiro atoms. The molecule has 0 aliphatic heterocycles. The van der Waals surface area contributed by atoms with Crippen LogP contribution in [0.15, 0.2) is 48.5 Å². The van der Waals surface area contributed by atoms with E-state index in [2.05, 4.69) is 31.3 Å². The third kappa shape index (κ3) is 6.24. The van der Waals surface area contributed by atoms with Crippen LogP contribution in [0.2, 0.25) is 0 Å². The summed E-state index contributed by atoms with van der Waals surface area (Å²) in [6.45, 7) is 6.31. The van der Waals surface area contributed by atoms with Crippen molar-refractivity contribution in [3.8, 4) is 5.75 Å². The van der Waals surface area contributed by atoms with Gasteiger partial charge in [-0.15, -0.1) is 0 Å². The zero-order chi connectivity index (χ0) is 18.2. The third-order valence-electron chi connectivity index (χ3n) is 4.01. The summed E-state index contributed by atoms with van der Waals surface area (Å²) in [5, 5.41) is 2.91. The second-order valence-electron chi connectivity index (χ2n) is 6.77. The van der Waals surface area contributed by atoms with Crippen LogP contribution in [0.4, 0.5) is 0 Å². The van der Waals surface area contributed by atoms with E-state index in [1.165, 1.54) is 5.56 Å². The van der Waals surface area contributed by atoms with E-state index >= 15 is 0 Å². The lowest BCUT2D eigenvalue weighted by atomic mass is 10.0. The van der Waals surface area contributed by atoms with Crippen LogP contribution in [-0.4, -0.2) is 38.0 Å². The van der Waals surface area contributed by atoms with Crippen LogP contribution in [0.3, 0.4) is 0 Å². The van der Waals surface area contributed by atoms with Crippen molar-refractivity contribution in [2.75, 3.05) is 27.2 Å². The largest absolute Gasteiger partial charge is 0.489 e. The molecular formula is C21H28N2O2. The van der Waals surface area contributed by atoms with Crippen LogP contribution < -0.4 is 10.1 Å². The number of carbonyl (C=O) groups is 1. The van der Waals surface area contributed by atoms with E-state index in [9.17, 15) is 4.79 Å². The molecule has 25 heavy (non-hydrogen) atoms. The predicted octanol–water partition coefficient (Wildman–Crippen LogP) is 3.68. The summed E-state index contributed by atoms with van der Waals surface area (Å²) in [6.07, 6.45) is 0. The number of benzene rings is 2. The fraction of sp³-hybridized carbons (Fsp3) is 0.381. The molecule has 0 fully saturated rings. The first kappa shape index (κ1) is 19.0. The Balaban J connectivity index is 1.84. The summed E-state index contributed by atoms with van der Waals surface area (Å²) in [4.78, 5) is 14.1. The monoisotopic (exact) mass is 340 g/mol. The molecule has 134 valence electrons. The number of likely N-dealkylation sites (N-methyl/N-ethyl adjacent to an activating group) is 1. The highest BCUT2D eigenvalue weighted by atomic mass is 16.5. The van der Waals surface area contributed by atoms with Gasteiger partial charge in [-0.1, -0.05) is 38.1 Å². The van der Waals surface area contributed by atoms with Gasteiger partial charge in [0.25, 0.3) is 5.91 Å². The van der Waals surface area contributed by atoms with Crippen LogP contribution in [-0.2, 0) is 6.61 Å². The SMILES string of the molecule is CC(C)c1ccc(OCc2ccc(C(=O)NCCN(C)C)cc2)cc1. The topological polar surface area (TPSA) is 41.6 Å². The fourth-order valence-corrected chi connectivity index (χ4v) is 2.36.